The van der Waals surface area contributed by atoms with Gasteiger partial charge in [0, 0.05) is 49.6 Å². The molecule has 4 atom stereocenters. The first kappa shape index (κ1) is 24.8. The van der Waals surface area contributed by atoms with Gasteiger partial charge in [0.25, 0.3) is 0 Å². The first-order valence-corrected chi connectivity index (χ1v) is 12.3. The van der Waals surface area contributed by atoms with E-state index in [2.05, 4.69) is 10.6 Å². The van der Waals surface area contributed by atoms with Gasteiger partial charge in [-0.05, 0) is 52.5 Å². The monoisotopic (exact) mass is 490 g/mol. The SMILES string of the molecule is COCC[C@H](C1C[C@H]1C(=O)NC1CC(C)(C)Oc2c(Cl)cccc21)N1C(=N)NC(C)(C)CC1=O. The van der Waals surface area contributed by atoms with Gasteiger partial charge in [0.15, 0.2) is 5.96 Å². The molecule has 3 N–H and O–H groups in total. The molecule has 2 fully saturated rings. The fourth-order valence-electron chi connectivity index (χ4n) is 5.31. The molecule has 2 aliphatic heterocycles. The molecule has 1 aromatic carbocycles. The van der Waals surface area contributed by atoms with E-state index in [1.807, 2.05) is 39.8 Å². The third-order valence-corrected chi connectivity index (χ3v) is 7.24. The van der Waals surface area contributed by atoms with Crippen LogP contribution >= 0.6 is 11.6 Å². The molecule has 0 radical (unpaired) electrons. The Bertz CT molecular complexity index is 975. The second-order valence-electron chi connectivity index (χ2n) is 10.9. The fraction of sp³-hybridized carbons (Fsp3) is 0.640. The molecule has 4 rings (SSSR count). The molecule has 186 valence electrons. The Labute approximate surface area is 206 Å². The standard InChI is InChI=1S/C25H35ClN4O4/c1-24(2)13-20(31)30(23(27)29-24)19(9-10-33-5)15-11-16(15)22(32)28-18-12-25(3,4)34-21-14(18)7-6-8-17(21)26/h6-8,15-16,18-19H,9-13H2,1-5H3,(H2,27,29)(H,28,32)/t15?,16-,18?,19-/m1/s1. The van der Waals surface area contributed by atoms with Crippen LogP contribution in [0.4, 0.5) is 0 Å². The normalized spacial score (nSPS) is 27.8. The van der Waals surface area contributed by atoms with Gasteiger partial charge in [0.1, 0.15) is 11.4 Å². The van der Waals surface area contributed by atoms with Crippen molar-refractivity contribution in [2.75, 3.05) is 13.7 Å². The van der Waals surface area contributed by atoms with Crippen LogP contribution in [-0.2, 0) is 14.3 Å². The van der Waals surface area contributed by atoms with Gasteiger partial charge in [-0.15, -0.1) is 0 Å². The highest BCUT2D eigenvalue weighted by atomic mass is 35.5. The van der Waals surface area contributed by atoms with Crippen molar-refractivity contribution in [3.05, 3.63) is 28.8 Å². The van der Waals surface area contributed by atoms with Gasteiger partial charge in [-0.2, -0.15) is 0 Å². The number of ether oxygens (including phenoxy) is 2. The maximum absolute atomic E-state index is 13.3. The smallest absolute Gasteiger partial charge is 0.231 e. The highest BCUT2D eigenvalue weighted by Gasteiger charge is 2.53. The molecule has 34 heavy (non-hydrogen) atoms. The molecule has 0 bridgehead atoms. The van der Waals surface area contributed by atoms with E-state index in [1.54, 1.807) is 13.2 Å². The predicted molar refractivity (Wildman–Crippen MR) is 130 cm³/mol. The van der Waals surface area contributed by atoms with E-state index in [1.165, 1.54) is 4.90 Å². The second kappa shape index (κ2) is 9.04. The van der Waals surface area contributed by atoms with Gasteiger partial charge >= 0.3 is 0 Å². The van der Waals surface area contributed by atoms with E-state index in [9.17, 15) is 9.59 Å². The Kier molecular flexibility index (Phi) is 6.59. The minimum atomic E-state index is -0.465. The zero-order valence-corrected chi connectivity index (χ0v) is 21.3. The van der Waals surface area contributed by atoms with Crippen LogP contribution in [0.1, 0.15) is 65.0 Å². The summed E-state index contributed by atoms with van der Waals surface area (Å²) in [5.74, 6) is 0.362. The molecule has 3 aliphatic rings. The van der Waals surface area contributed by atoms with Crippen LogP contribution in [-0.4, -0.2) is 53.6 Å². The van der Waals surface area contributed by atoms with Gasteiger partial charge in [0.05, 0.1) is 11.1 Å². The van der Waals surface area contributed by atoms with Gasteiger partial charge < -0.3 is 20.1 Å². The highest BCUT2D eigenvalue weighted by Crippen LogP contribution is 2.47. The summed E-state index contributed by atoms with van der Waals surface area (Å²) in [5.41, 5.74) is -0.0395. The number of hydrogen-bond donors (Lipinski definition) is 3. The number of hydrogen-bond acceptors (Lipinski definition) is 5. The molecule has 8 nitrogen and oxygen atoms in total. The largest absolute Gasteiger partial charge is 0.486 e. The topological polar surface area (TPSA) is 104 Å². The third-order valence-electron chi connectivity index (χ3n) is 6.94. The number of carbonyl (C=O) groups excluding carboxylic acids is 2. The molecule has 0 aromatic heterocycles. The maximum atomic E-state index is 13.3. The van der Waals surface area contributed by atoms with E-state index in [0.29, 0.717) is 43.1 Å². The number of halogens is 1. The minimum Gasteiger partial charge on any atom is -0.486 e. The van der Waals surface area contributed by atoms with Crippen LogP contribution < -0.4 is 15.4 Å². The molecule has 0 spiro atoms. The molecule has 1 saturated carbocycles. The number of nitrogens with zero attached hydrogens (tertiary/aromatic N) is 1. The maximum Gasteiger partial charge on any atom is 0.231 e. The highest BCUT2D eigenvalue weighted by molar-refractivity contribution is 6.32. The lowest BCUT2D eigenvalue weighted by atomic mass is 9.89. The van der Waals surface area contributed by atoms with Gasteiger partial charge in [-0.3, -0.25) is 19.9 Å². The fourth-order valence-corrected chi connectivity index (χ4v) is 5.53. The molecule has 2 unspecified atom stereocenters. The summed E-state index contributed by atoms with van der Waals surface area (Å²) in [4.78, 5) is 27.8. The van der Waals surface area contributed by atoms with Gasteiger partial charge in [-0.25, -0.2) is 0 Å². The first-order valence-electron chi connectivity index (χ1n) is 11.9. The predicted octanol–water partition coefficient (Wildman–Crippen LogP) is 3.63. The summed E-state index contributed by atoms with van der Waals surface area (Å²) >= 11 is 6.38. The number of fused-ring (bicyclic) bond motifs is 1. The number of benzene rings is 1. The quantitative estimate of drug-likeness (QED) is 0.541. The molecule has 9 heteroatoms. The number of carbonyl (C=O) groups is 2. The van der Waals surface area contributed by atoms with Crippen molar-refractivity contribution in [1.82, 2.24) is 15.5 Å². The van der Waals surface area contributed by atoms with Crippen LogP contribution in [0.15, 0.2) is 18.2 Å². The van der Waals surface area contributed by atoms with E-state index in [0.717, 1.165) is 5.56 Å². The summed E-state index contributed by atoms with van der Waals surface area (Å²) in [6.45, 7) is 8.25. The van der Waals surface area contributed by atoms with Gasteiger partial charge in [-0.1, -0.05) is 23.7 Å². The van der Waals surface area contributed by atoms with Crippen LogP contribution in [0.5, 0.6) is 5.75 Å². The lowest BCUT2D eigenvalue weighted by molar-refractivity contribution is -0.133. The van der Waals surface area contributed by atoms with Crippen LogP contribution in [0, 0.1) is 17.2 Å². The number of para-hydroxylation sites is 1. The lowest BCUT2D eigenvalue weighted by Crippen LogP contribution is -2.63. The molecule has 2 amide bonds. The Morgan fingerprint density at radius 2 is 2.12 bits per heavy atom. The van der Waals surface area contributed by atoms with Crippen molar-refractivity contribution in [2.45, 2.75) is 76.6 Å². The van der Waals surface area contributed by atoms with E-state index >= 15 is 0 Å². The summed E-state index contributed by atoms with van der Waals surface area (Å²) in [6, 6.07) is 5.13. The Morgan fingerprint density at radius 1 is 1.38 bits per heavy atom. The average molecular weight is 491 g/mol. The minimum absolute atomic E-state index is 0.0193. The number of rotatable bonds is 7. The number of amides is 2. The second-order valence-corrected chi connectivity index (χ2v) is 11.3. The van der Waals surface area contributed by atoms with E-state index in [-0.39, 0.29) is 41.7 Å². The number of guanidine groups is 1. The van der Waals surface area contributed by atoms with Gasteiger partial charge in [0.2, 0.25) is 11.8 Å². The summed E-state index contributed by atoms with van der Waals surface area (Å²) < 4.78 is 11.4. The summed E-state index contributed by atoms with van der Waals surface area (Å²) in [7, 11) is 1.62. The Balaban J connectivity index is 1.49. The first-order chi connectivity index (χ1) is 15.9. The van der Waals surface area contributed by atoms with Crippen LogP contribution in [0.2, 0.25) is 5.02 Å². The summed E-state index contributed by atoms with van der Waals surface area (Å²) in [5, 5.41) is 15.4. The summed E-state index contributed by atoms with van der Waals surface area (Å²) in [6.07, 6.45) is 2.18. The Morgan fingerprint density at radius 3 is 2.79 bits per heavy atom. The lowest BCUT2D eigenvalue weighted by Gasteiger charge is -2.42. The van der Waals surface area contributed by atoms with Crippen LogP contribution in [0.25, 0.3) is 0 Å². The Hall–Kier alpha value is -2.32. The van der Waals surface area contributed by atoms with E-state index < -0.39 is 11.1 Å². The molecule has 1 aliphatic carbocycles. The zero-order valence-electron chi connectivity index (χ0n) is 20.5. The van der Waals surface area contributed by atoms with Crippen molar-refractivity contribution in [3.8, 4) is 5.75 Å². The van der Waals surface area contributed by atoms with Crippen molar-refractivity contribution in [2.24, 2.45) is 11.8 Å². The molecule has 1 aromatic rings. The number of methoxy groups -OCH3 is 1. The average Bonchev–Trinajstić information content (AvgIpc) is 3.50. The number of nitrogens with one attached hydrogen (secondary N) is 3. The van der Waals surface area contributed by atoms with Crippen molar-refractivity contribution >= 4 is 29.4 Å². The van der Waals surface area contributed by atoms with Crippen LogP contribution in [0.3, 0.4) is 0 Å². The van der Waals surface area contributed by atoms with E-state index in [4.69, 9.17) is 26.5 Å². The molecular weight excluding hydrogens is 456 g/mol. The third kappa shape index (κ3) is 5.03. The zero-order chi connectivity index (χ0) is 24.8. The molecular formula is C25H35ClN4O4. The van der Waals surface area contributed by atoms with Crippen molar-refractivity contribution in [3.63, 3.8) is 0 Å². The van der Waals surface area contributed by atoms with Crippen molar-refractivity contribution < 1.29 is 19.1 Å². The molecule has 2 heterocycles. The van der Waals surface area contributed by atoms with Crippen molar-refractivity contribution in [1.29, 1.82) is 5.41 Å². The molecule has 1 saturated heterocycles.